The Kier molecular flexibility index (Phi) is 10.8. The fraction of sp³-hybridized carbons (Fsp3) is 0.0357. The van der Waals surface area contributed by atoms with Crippen LogP contribution in [0.5, 0.6) is 0 Å². The molecule has 9 rings (SSSR count). The number of para-hydroxylation sites is 4. The third kappa shape index (κ3) is 8.14. The summed E-state index contributed by atoms with van der Waals surface area (Å²) in [6.07, 6.45) is 0. The van der Waals surface area contributed by atoms with Gasteiger partial charge >= 0.3 is 0 Å². The van der Waals surface area contributed by atoms with E-state index in [1.807, 2.05) is 0 Å². The molecule has 0 spiro atoms. The first-order valence-corrected chi connectivity index (χ1v) is 20.3. The minimum atomic E-state index is 0.317. The van der Waals surface area contributed by atoms with Crippen LogP contribution in [-0.4, -0.2) is 0 Å². The number of anilines is 9. The average molecular weight is 760 g/mol. The van der Waals surface area contributed by atoms with Crippen molar-refractivity contribution >= 4 is 51.2 Å². The highest BCUT2D eigenvalue weighted by atomic mass is 15.2. The third-order valence-corrected chi connectivity index (χ3v) is 11.0. The van der Waals surface area contributed by atoms with Crippen LogP contribution in [0.4, 0.5) is 51.2 Å². The highest BCUT2D eigenvalue weighted by Crippen LogP contribution is 2.41. The highest BCUT2D eigenvalue weighted by molar-refractivity contribution is 5.83. The second-order valence-electron chi connectivity index (χ2n) is 14.7. The Balaban J connectivity index is 0.990. The standard InChI is InChI=1S/C56H45N3/c1-43(44-17-7-2-8-18-44)45-27-33-52(34-28-45)58(50-23-13-5-14-24-50)53-35-29-46(30-36-53)47-31-37-54(38-32-47)59(51-25-15-6-16-26-51)56-41-39-55(40-42-56)57(48-19-9-3-10-20-48)49-21-11-4-12-22-49/h2-43H,1H3. The number of benzene rings is 9. The topological polar surface area (TPSA) is 9.72 Å². The predicted octanol–water partition coefficient (Wildman–Crippen LogP) is 15.9. The molecule has 0 aliphatic heterocycles. The zero-order valence-electron chi connectivity index (χ0n) is 33.1. The Hall–Kier alpha value is -7.62. The maximum absolute atomic E-state index is 2.33. The van der Waals surface area contributed by atoms with E-state index in [2.05, 4.69) is 270 Å². The van der Waals surface area contributed by atoms with Crippen LogP contribution in [0.3, 0.4) is 0 Å². The number of rotatable bonds is 12. The molecule has 0 aromatic heterocycles. The summed E-state index contributed by atoms with van der Waals surface area (Å²) in [6, 6.07) is 88.6. The quantitative estimate of drug-likeness (QED) is 0.123. The monoisotopic (exact) mass is 759 g/mol. The van der Waals surface area contributed by atoms with Gasteiger partial charge in [0.25, 0.3) is 0 Å². The van der Waals surface area contributed by atoms with Gasteiger partial charge in [-0.1, -0.05) is 146 Å². The molecule has 284 valence electrons. The molecule has 0 bridgehead atoms. The van der Waals surface area contributed by atoms with Gasteiger partial charge in [0.2, 0.25) is 0 Å². The van der Waals surface area contributed by atoms with E-state index in [1.54, 1.807) is 0 Å². The van der Waals surface area contributed by atoms with Crippen molar-refractivity contribution in [2.45, 2.75) is 12.8 Å². The molecule has 0 radical (unpaired) electrons. The molecule has 0 saturated carbocycles. The Morgan fingerprint density at radius 2 is 0.424 bits per heavy atom. The second-order valence-corrected chi connectivity index (χ2v) is 14.7. The molecule has 1 unspecified atom stereocenters. The van der Waals surface area contributed by atoms with Gasteiger partial charge in [-0.3, -0.25) is 0 Å². The van der Waals surface area contributed by atoms with Gasteiger partial charge in [0.05, 0.1) is 0 Å². The van der Waals surface area contributed by atoms with Crippen LogP contribution in [-0.2, 0) is 0 Å². The zero-order chi connectivity index (χ0) is 39.8. The predicted molar refractivity (Wildman–Crippen MR) is 250 cm³/mol. The van der Waals surface area contributed by atoms with Crippen LogP contribution in [0.25, 0.3) is 11.1 Å². The highest BCUT2D eigenvalue weighted by Gasteiger charge is 2.17. The van der Waals surface area contributed by atoms with Gasteiger partial charge in [0, 0.05) is 57.1 Å². The van der Waals surface area contributed by atoms with Crippen molar-refractivity contribution in [1.29, 1.82) is 0 Å². The summed E-state index contributed by atoms with van der Waals surface area (Å²) in [4.78, 5) is 6.93. The number of hydrogen-bond acceptors (Lipinski definition) is 3. The van der Waals surface area contributed by atoms with Gasteiger partial charge in [-0.25, -0.2) is 0 Å². The maximum atomic E-state index is 2.33. The molecule has 0 N–H and O–H groups in total. The van der Waals surface area contributed by atoms with E-state index in [0.717, 1.165) is 62.3 Å². The average Bonchev–Trinajstić information content (AvgIpc) is 3.32. The first-order valence-electron chi connectivity index (χ1n) is 20.3. The Morgan fingerprint density at radius 1 is 0.220 bits per heavy atom. The van der Waals surface area contributed by atoms with Crippen molar-refractivity contribution in [3.63, 3.8) is 0 Å². The lowest BCUT2D eigenvalue weighted by molar-refractivity contribution is 0.922. The third-order valence-electron chi connectivity index (χ3n) is 11.0. The smallest absolute Gasteiger partial charge is 0.0463 e. The molecule has 3 heteroatoms. The molecule has 9 aromatic carbocycles. The summed E-state index contributed by atoms with van der Waals surface area (Å²) in [6.45, 7) is 2.27. The first-order chi connectivity index (χ1) is 29.2. The van der Waals surface area contributed by atoms with E-state index in [0.29, 0.717) is 5.92 Å². The normalized spacial score (nSPS) is 11.4. The Labute approximate surface area is 348 Å². The van der Waals surface area contributed by atoms with Crippen molar-refractivity contribution < 1.29 is 0 Å². The van der Waals surface area contributed by atoms with Crippen LogP contribution in [0.1, 0.15) is 24.0 Å². The molecule has 0 fully saturated rings. The molecule has 9 aromatic rings. The van der Waals surface area contributed by atoms with E-state index in [1.165, 1.54) is 11.1 Å². The lowest BCUT2D eigenvalue weighted by atomic mass is 9.93. The molecular weight excluding hydrogens is 715 g/mol. The first kappa shape index (κ1) is 37.0. The van der Waals surface area contributed by atoms with Gasteiger partial charge in [-0.05, 0) is 131 Å². The van der Waals surface area contributed by atoms with Crippen molar-refractivity contribution in [1.82, 2.24) is 0 Å². The van der Waals surface area contributed by atoms with Crippen molar-refractivity contribution in [3.8, 4) is 11.1 Å². The van der Waals surface area contributed by atoms with E-state index in [-0.39, 0.29) is 0 Å². The van der Waals surface area contributed by atoms with E-state index in [4.69, 9.17) is 0 Å². The number of nitrogens with zero attached hydrogens (tertiary/aromatic N) is 3. The van der Waals surface area contributed by atoms with Gasteiger partial charge in [-0.2, -0.15) is 0 Å². The van der Waals surface area contributed by atoms with Gasteiger partial charge < -0.3 is 14.7 Å². The molecule has 59 heavy (non-hydrogen) atoms. The SMILES string of the molecule is CC(c1ccccc1)c1ccc(N(c2ccccc2)c2ccc(-c3ccc(N(c4ccccc4)c4ccc(N(c5ccccc5)c5ccccc5)cc4)cc3)cc2)cc1. The molecule has 0 amide bonds. The molecular formula is C56H45N3. The van der Waals surface area contributed by atoms with E-state index in [9.17, 15) is 0 Å². The van der Waals surface area contributed by atoms with E-state index >= 15 is 0 Å². The largest absolute Gasteiger partial charge is 0.311 e. The van der Waals surface area contributed by atoms with Crippen molar-refractivity contribution in [3.05, 3.63) is 260 Å². The Morgan fingerprint density at radius 3 is 0.712 bits per heavy atom. The fourth-order valence-corrected chi connectivity index (χ4v) is 7.85. The summed E-state index contributed by atoms with van der Waals surface area (Å²) >= 11 is 0. The maximum Gasteiger partial charge on any atom is 0.0463 e. The van der Waals surface area contributed by atoms with Crippen LogP contribution in [0.15, 0.2) is 249 Å². The summed E-state index contributed by atoms with van der Waals surface area (Å²) < 4.78 is 0. The Bertz CT molecular complexity index is 2630. The van der Waals surface area contributed by atoms with Crippen molar-refractivity contribution in [2.24, 2.45) is 0 Å². The fourth-order valence-electron chi connectivity index (χ4n) is 7.85. The van der Waals surface area contributed by atoms with Gasteiger partial charge in [0.15, 0.2) is 0 Å². The summed E-state index contributed by atoms with van der Waals surface area (Å²) in [5.74, 6) is 0.317. The number of hydrogen-bond donors (Lipinski definition) is 0. The van der Waals surface area contributed by atoms with Crippen LogP contribution < -0.4 is 14.7 Å². The van der Waals surface area contributed by atoms with Crippen molar-refractivity contribution in [2.75, 3.05) is 14.7 Å². The van der Waals surface area contributed by atoms with E-state index < -0.39 is 0 Å². The summed E-state index contributed by atoms with van der Waals surface area (Å²) in [5.41, 5.74) is 14.9. The lowest BCUT2D eigenvalue weighted by Crippen LogP contribution is -2.12. The zero-order valence-corrected chi connectivity index (χ0v) is 33.1. The molecule has 0 heterocycles. The molecule has 1 atom stereocenters. The summed E-state index contributed by atoms with van der Waals surface area (Å²) in [7, 11) is 0. The van der Waals surface area contributed by atoms with Crippen LogP contribution in [0, 0.1) is 0 Å². The second kappa shape index (κ2) is 17.3. The molecule has 0 saturated heterocycles. The summed E-state index contributed by atoms with van der Waals surface area (Å²) in [5, 5.41) is 0. The van der Waals surface area contributed by atoms with Crippen LogP contribution in [0.2, 0.25) is 0 Å². The molecule has 3 nitrogen and oxygen atoms in total. The molecule has 0 aliphatic rings. The van der Waals surface area contributed by atoms with Gasteiger partial charge in [0.1, 0.15) is 0 Å². The minimum absolute atomic E-state index is 0.317. The molecule has 0 aliphatic carbocycles. The van der Waals surface area contributed by atoms with Gasteiger partial charge in [-0.15, -0.1) is 0 Å². The van der Waals surface area contributed by atoms with Crippen LogP contribution >= 0.6 is 0 Å². The lowest BCUT2D eigenvalue weighted by Gasteiger charge is -2.28. The minimum Gasteiger partial charge on any atom is -0.311 e.